The molecule has 0 aromatic heterocycles. The SMILES string of the molecule is CC.CC(C)C(=O)CN(C)C(=O)CCCCCNc1cc(C(=O)NCC(=O)O)cc(C(=O)C(C)C)c1. The summed E-state index contributed by atoms with van der Waals surface area (Å²) in [4.78, 5) is 60.9. The second-order valence-electron chi connectivity index (χ2n) is 9.00. The fraction of sp³-hybridized carbons (Fsp3) is 0.593. The summed E-state index contributed by atoms with van der Waals surface area (Å²) in [5.41, 5.74) is 1.18. The van der Waals surface area contributed by atoms with Crippen molar-refractivity contribution in [1.29, 1.82) is 0 Å². The smallest absolute Gasteiger partial charge is 0.322 e. The first-order valence-corrected chi connectivity index (χ1v) is 12.6. The van der Waals surface area contributed by atoms with E-state index in [9.17, 15) is 24.0 Å². The van der Waals surface area contributed by atoms with Gasteiger partial charge in [0.2, 0.25) is 5.91 Å². The third-order valence-electron chi connectivity index (χ3n) is 5.26. The number of nitrogens with one attached hydrogen (secondary N) is 2. The van der Waals surface area contributed by atoms with Crippen LogP contribution in [-0.2, 0) is 14.4 Å². The van der Waals surface area contributed by atoms with Gasteiger partial charge in [0.15, 0.2) is 11.6 Å². The number of rotatable bonds is 15. The quantitative estimate of drug-likeness (QED) is 0.242. The molecule has 3 N–H and O–H groups in total. The molecule has 1 aromatic rings. The highest BCUT2D eigenvalue weighted by Gasteiger charge is 2.17. The summed E-state index contributed by atoms with van der Waals surface area (Å²) in [5, 5.41) is 14.3. The van der Waals surface area contributed by atoms with Crippen LogP contribution in [0.4, 0.5) is 5.69 Å². The molecule has 0 bridgehead atoms. The number of carboxylic acids is 1. The lowest BCUT2D eigenvalue weighted by Crippen LogP contribution is -2.33. The number of carboxylic acid groups (broad SMARTS) is 1. The zero-order valence-electron chi connectivity index (χ0n) is 22.8. The summed E-state index contributed by atoms with van der Waals surface area (Å²) in [7, 11) is 1.64. The van der Waals surface area contributed by atoms with Crippen LogP contribution in [0.25, 0.3) is 0 Å². The molecule has 0 radical (unpaired) electrons. The van der Waals surface area contributed by atoms with E-state index in [1.807, 2.05) is 27.7 Å². The number of likely N-dealkylation sites (N-methyl/N-ethyl adjacent to an activating group) is 1. The van der Waals surface area contributed by atoms with E-state index < -0.39 is 18.4 Å². The van der Waals surface area contributed by atoms with Crippen LogP contribution in [0.2, 0.25) is 0 Å². The predicted octanol–water partition coefficient (Wildman–Crippen LogP) is 4.02. The third-order valence-corrected chi connectivity index (χ3v) is 5.26. The fourth-order valence-electron chi connectivity index (χ4n) is 3.10. The van der Waals surface area contributed by atoms with Crippen molar-refractivity contribution in [3.63, 3.8) is 0 Å². The average Bonchev–Trinajstić information content (AvgIpc) is 2.84. The van der Waals surface area contributed by atoms with Crippen LogP contribution < -0.4 is 10.6 Å². The number of aliphatic carboxylic acids is 1. The predicted molar refractivity (Wildman–Crippen MR) is 141 cm³/mol. The van der Waals surface area contributed by atoms with Crippen LogP contribution in [0.15, 0.2) is 18.2 Å². The Hall–Kier alpha value is -3.23. The second-order valence-corrected chi connectivity index (χ2v) is 9.00. The van der Waals surface area contributed by atoms with Gasteiger partial charge in [-0.3, -0.25) is 24.0 Å². The molecule has 0 spiro atoms. The van der Waals surface area contributed by atoms with Gasteiger partial charge in [0.05, 0.1) is 6.54 Å². The molecule has 9 heteroatoms. The molecule has 202 valence electrons. The molecule has 0 unspecified atom stereocenters. The molecule has 0 atom stereocenters. The molecule has 2 amide bonds. The van der Waals surface area contributed by atoms with E-state index in [-0.39, 0.29) is 41.4 Å². The lowest BCUT2D eigenvalue weighted by atomic mass is 9.98. The number of hydrogen-bond donors (Lipinski definition) is 3. The number of anilines is 1. The standard InChI is InChI=1S/C25H37N3O6.C2H6/c1-16(2)21(29)15-28(5)22(30)9-7-6-8-10-26-20-12-18(24(33)17(3)4)11-19(13-20)25(34)27-14-23(31)32;1-2/h11-13,16-17,26H,6-10,14-15H2,1-5H3,(H,27,34)(H,31,32);1-2H3. The Morgan fingerprint density at radius 1 is 0.889 bits per heavy atom. The minimum atomic E-state index is -1.16. The third kappa shape index (κ3) is 12.5. The van der Waals surface area contributed by atoms with E-state index >= 15 is 0 Å². The highest BCUT2D eigenvalue weighted by molar-refractivity contribution is 6.03. The van der Waals surface area contributed by atoms with Gasteiger partial charge in [-0.15, -0.1) is 0 Å². The molecular formula is C27H43N3O6. The number of ketones is 2. The molecule has 0 saturated carbocycles. The lowest BCUT2D eigenvalue weighted by molar-refractivity contribution is -0.135. The summed E-state index contributed by atoms with van der Waals surface area (Å²) in [6, 6.07) is 4.73. The van der Waals surface area contributed by atoms with Crippen molar-refractivity contribution in [3.05, 3.63) is 29.3 Å². The summed E-state index contributed by atoms with van der Waals surface area (Å²) in [6.07, 6.45) is 2.62. The number of carbonyl (C=O) groups is 5. The molecule has 0 saturated heterocycles. The van der Waals surface area contributed by atoms with Crippen LogP contribution in [0.1, 0.15) is 87.9 Å². The van der Waals surface area contributed by atoms with Crippen LogP contribution in [0.5, 0.6) is 0 Å². The van der Waals surface area contributed by atoms with Crippen molar-refractivity contribution >= 4 is 35.0 Å². The van der Waals surface area contributed by atoms with Gasteiger partial charge in [0, 0.05) is 48.7 Å². The lowest BCUT2D eigenvalue weighted by Gasteiger charge is -2.17. The highest BCUT2D eigenvalue weighted by atomic mass is 16.4. The zero-order chi connectivity index (χ0) is 27.8. The average molecular weight is 506 g/mol. The Labute approximate surface area is 215 Å². The summed E-state index contributed by atoms with van der Waals surface area (Å²) < 4.78 is 0. The van der Waals surface area contributed by atoms with E-state index in [4.69, 9.17) is 5.11 Å². The van der Waals surface area contributed by atoms with Crippen LogP contribution in [-0.4, -0.2) is 66.0 Å². The zero-order valence-corrected chi connectivity index (χ0v) is 22.8. The minimum Gasteiger partial charge on any atom is -0.480 e. The van der Waals surface area contributed by atoms with Crippen molar-refractivity contribution in [2.75, 3.05) is 32.0 Å². The second kappa shape index (κ2) is 17.2. The normalized spacial score (nSPS) is 10.4. The highest BCUT2D eigenvalue weighted by Crippen LogP contribution is 2.19. The summed E-state index contributed by atoms with van der Waals surface area (Å²) in [6.45, 7) is 11.4. The Morgan fingerprint density at radius 2 is 1.50 bits per heavy atom. The number of hydrogen-bond acceptors (Lipinski definition) is 6. The Bertz CT molecular complexity index is 895. The van der Waals surface area contributed by atoms with Gasteiger partial charge in [-0.2, -0.15) is 0 Å². The van der Waals surface area contributed by atoms with Crippen molar-refractivity contribution in [2.45, 2.75) is 67.2 Å². The Kier molecular flexibility index (Phi) is 15.7. The van der Waals surface area contributed by atoms with E-state index in [0.29, 0.717) is 30.6 Å². The molecule has 0 aliphatic rings. The molecular weight excluding hydrogens is 462 g/mol. The number of unbranched alkanes of at least 4 members (excludes halogenated alkanes) is 2. The number of amides is 2. The number of nitrogens with zero attached hydrogens (tertiary/aromatic N) is 1. The van der Waals surface area contributed by atoms with Crippen LogP contribution in [0, 0.1) is 11.8 Å². The van der Waals surface area contributed by atoms with Crippen LogP contribution in [0.3, 0.4) is 0 Å². The molecule has 0 aliphatic heterocycles. The van der Waals surface area contributed by atoms with E-state index in [2.05, 4.69) is 10.6 Å². The van der Waals surface area contributed by atoms with Crippen molar-refractivity contribution < 1.29 is 29.1 Å². The van der Waals surface area contributed by atoms with Crippen molar-refractivity contribution in [2.24, 2.45) is 11.8 Å². The molecule has 9 nitrogen and oxygen atoms in total. The molecule has 1 aromatic carbocycles. The Morgan fingerprint density at radius 3 is 2.06 bits per heavy atom. The van der Waals surface area contributed by atoms with Gasteiger partial charge in [-0.1, -0.05) is 48.0 Å². The number of Topliss-reactive ketones (excluding diaryl/α,β-unsaturated/α-hetero) is 2. The maximum absolute atomic E-state index is 12.5. The van der Waals surface area contributed by atoms with Gasteiger partial charge in [0.1, 0.15) is 6.54 Å². The van der Waals surface area contributed by atoms with Gasteiger partial charge < -0.3 is 20.6 Å². The van der Waals surface area contributed by atoms with Gasteiger partial charge in [0.25, 0.3) is 5.91 Å². The number of carbonyl (C=O) groups excluding carboxylic acids is 4. The minimum absolute atomic E-state index is 0.0363. The maximum Gasteiger partial charge on any atom is 0.322 e. The van der Waals surface area contributed by atoms with Gasteiger partial charge in [-0.25, -0.2) is 0 Å². The van der Waals surface area contributed by atoms with Gasteiger partial charge in [-0.05, 0) is 31.0 Å². The van der Waals surface area contributed by atoms with E-state index in [1.165, 1.54) is 11.0 Å². The molecule has 0 fully saturated rings. The molecule has 0 aliphatic carbocycles. The topological polar surface area (TPSA) is 133 Å². The van der Waals surface area contributed by atoms with E-state index in [1.54, 1.807) is 33.0 Å². The molecule has 1 rings (SSSR count). The largest absolute Gasteiger partial charge is 0.480 e. The first kappa shape index (κ1) is 32.8. The van der Waals surface area contributed by atoms with Crippen molar-refractivity contribution in [1.82, 2.24) is 10.2 Å². The monoisotopic (exact) mass is 505 g/mol. The molecule has 0 heterocycles. The van der Waals surface area contributed by atoms with Crippen molar-refractivity contribution in [3.8, 4) is 0 Å². The maximum atomic E-state index is 12.5. The molecule has 36 heavy (non-hydrogen) atoms. The fourth-order valence-corrected chi connectivity index (χ4v) is 3.10. The van der Waals surface area contributed by atoms with E-state index in [0.717, 1.165) is 12.8 Å². The summed E-state index contributed by atoms with van der Waals surface area (Å²) in [5.74, 6) is -2.21. The summed E-state index contributed by atoms with van der Waals surface area (Å²) >= 11 is 0. The first-order chi connectivity index (χ1) is 16.9. The van der Waals surface area contributed by atoms with Crippen LogP contribution >= 0.6 is 0 Å². The number of benzene rings is 1. The van der Waals surface area contributed by atoms with Gasteiger partial charge >= 0.3 is 5.97 Å². The Balaban J connectivity index is 0.00000596. The first-order valence-electron chi connectivity index (χ1n) is 12.6.